The summed E-state index contributed by atoms with van der Waals surface area (Å²) in [7, 11) is 0. The van der Waals surface area contributed by atoms with Crippen molar-refractivity contribution in [2.75, 3.05) is 11.9 Å². The van der Waals surface area contributed by atoms with Crippen molar-refractivity contribution in [2.24, 2.45) is 0 Å². The predicted octanol–water partition coefficient (Wildman–Crippen LogP) is 2.46. The standard InChI is InChI=1S/C11H12N4O3S/c1-2-12-10-9(15(16)17)11(14-7-13-10)18-6-8-4-3-5-19-8/h3-5,7H,2,6H2,1H3,(H,12,13,14). The SMILES string of the molecule is CCNc1ncnc(OCc2cccs2)c1[N+](=O)[O-]. The third-order valence-electron chi connectivity index (χ3n) is 2.25. The summed E-state index contributed by atoms with van der Waals surface area (Å²) in [6.07, 6.45) is 1.24. The van der Waals surface area contributed by atoms with Gasteiger partial charge in [0.1, 0.15) is 12.9 Å². The molecule has 7 nitrogen and oxygen atoms in total. The van der Waals surface area contributed by atoms with Crippen LogP contribution in [-0.4, -0.2) is 21.4 Å². The molecule has 0 saturated heterocycles. The molecule has 2 heterocycles. The van der Waals surface area contributed by atoms with Crippen LogP contribution in [0.5, 0.6) is 5.88 Å². The Kier molecular flexibility index (Phi) is 4.24. The number of anilines is 1. The van der Waals surface area contributed by atoms with Crippen LogP contribution in [0.25, 0.3) is 0 Å². The van der Waals surface area contributed by atoms with Crippen LogP contribution in [0.2, 0.25) is 0 Å². The van der Waals surface area contributed by atoms with Gasteiger partial charge in [-0.05, 0) is 18.4 Å². The average molecular weight is 280 g/mol. The van der Waals surface area contributed by atoms with E-state index >= 15 is 0 Å². The largest absolute Gasteiger partial charge is 0.467 e. The Morgan fingerprint density at radius 1 is 1.53 bits per heavy atom. The van der Waals surface area contributed by atoms with Crippen molar-refractivity contribution >= 4 is 22.8 Å². The third-order valence-corrected chi connectivity index (χ3v) is 3.10. The minimum absolute atomic E-state index is 0.0237. The van der Waals surface area contributed by atoms with Gasteiger partial charge in [0.05, 0.1) is 4.92 Å². The van der Waals surface area contributed by atoms with Gasteiger partial charge in [-0.3, -0.25) is 10.1 Å². The molecule has 1 N–H and O–H groups in total. The van der Waals surface area contributed by atoms with Gasteiger partial charge in [-0.1, -0.05) is 6.07 Å². The van der Waals surface area contributed by atoms with Crippen molar-refractivity contribution in [3.05, 3.63) is 38.8 Å². The molecule has 0 spiro atoms. The van der Waals surface area contributed by atoms with Crippen molar-refractivity contribution < 1.29 is 9.66 Å². The average Bonchev–Trinajstić information content (AvgIpc) is 2.89. The lowest BCUT2D eigenvalue weighted by atomic mass is 10.4. The smallest absolute Gasteiger partial charge is 0.372 e. The van der Waals surface area contributed by atoms with Crippen molar-refractivity contribution in [1.82, 2.24) is 9.97 Å². The van der Waals surface area contributed by atoms with E-state index in [1.165, 1.54) is 17.7 Å². The number of rotatable bonds is 6. The summed E-state index contributed by atoms with van der Waals surface area (Å²) in [5.74, 6) is 0.146. The van der Waals surface area contributed by atoms with Crippen molar-refractivity contribution in [3.8, 4) is 5.88 Å². The van der Waals surface area contributed by atoms with E-state index in [1.54, 1.807) is 0 Å². The van der Waals surface area contributed by atoms with Crippen LogP contribution >= 0.6 is 11.3 Å². The van der Waals surface area contributed by atoms with Crippen LogP contribution in [0, 0.1) is 10.1 Å². The van der Waals surface area contributed by atoms with E-state index in [9.17, 15) is 10.1 Å². The monoisotopic (exact) mass is 280 g/mol. The summed E-state index contributed by atoms with van der Waals surface area (Å²) in [4.78, 5) is 19.2. The summed E-state index contributed by atoms with van der Waals surface area (Å²) >= 11 is 1.52. The van der Waals surface area contributed by atoms with Crippen molar-refractivity contribution in [3.63, 3.8) is 0 Å². The van der Waals surface area contributed by atoms with Gasteiger partial charge in [0.15, 0.2) is 0 Å². The first kappa shape index (κ1) is 13.2. The Balaban J connectivity index is 2.23. The maximum atomic E-state index is 11.1. The number of hydrogen-bond donors (Lipinski definition) is 1. The summed E-state index contributed by atoms with van der Waals surface area (Å²) in [5.41, 5.74) is -0.235. The highest BCUT2D eigenvalue weighted by Gasteiger charge is 2.24. The molecule has 0 aliphatic rings. The van der Waals surface area contributed by atoms with E-state index < -0.39 is 4.92 Å². The molecule has 0 fully saturated rings. The Labute approximate surface area is 113 Å². The summed E-state index contributed by atoms with van der Waals surface area (Å²) in [6, 6.07) is 3.78. The molecule has 100 valence electrons. The third kappa shape index (κ3) is 3.16. The van der Waals surface area contributed by atoms with Crippen LogP contribution in [0.3, 0.4) is 0 Å². The second-order valence-corrected chi connectivity index (χ2v) is 4.56. The lowest BCUT2D eigenvalue weighted by Gasteiger charge is -2.07. The van der Waals surface area contributed by atoms with E-state index in [-0.39, 0.29) is 24.0 Å². The van der Waals surface area contributed by atoms with E-state index in [1.807, 2.05) is 24.4 Å². The molecule has 19 heavy (non-hydrogen) atoms. The topological polar surface area (TPSA) is 90.2 Å². The van der Waals surface area contributed by atoms with Gasteiger partial charge in [-0.25, -0.2) is 4.98 Å². The summed E-state index contributed by atoms with van der Waals surface area (Å²) < 4.78 is 5.41. The molecule has 8 heteroatoms. The molecular formula is C11H12N4O3S. The van der Waals surface area contributed by atoms with Gasteiger partial charge in [-0.2, -0.15) is 4.98 Å². The molecule has 2 rings (SSSR count). The molecule has 0 radical (unpaired) electrons. The minimum atomic E-state index is -0.540. The molecule has 2 aromatic rings. The molecule has 0 aromatic carbocycles. The lowest BCUT2D eigenvalue weighted by Crippen LogP contribution is -2.07. The zero-order chi connectivity index (χ0) is 13.7. The first-order chi connectivity index (χ1) is 9.22. The van der Waals surface area contributed by atoms with Crippen LogP contribution < -0.4 is 10.1 Å². The fraction of sp³-hybridized carbons (Fsp3) is 0.273. The normalized spacial score (nSPS) is 10.2. The van der Waals surface area contributed by atoms with Gasteiger partial charge < -0.3 is 10.1 Å². The minimum Gasteiger partial charge on any atom is -0.467 e. The second-order valence-electron chi connectivity index (χ2n) is 3.53. The van der Waals surface area contributed by atoms with E-state index in [2.05, 4.69) is 15.3 Å². The van der Waals surface area contributed by atoms with Gasteiger partial charge in [-0.15, -0.1) is 11.3 Å². The molecule has 0 atom stereocenters. The molecular weight excluding hydrogens is 268 g/mol. The molecule has 0 aliphatic heterocycles. The van der Waals surface area contributed by atoms with Crippen LogP contribution in [-0.2, 0) is 6.61 Å². The van der Waals surface area contributed by atoms with Crippen LogP contribution in [0.1, 0.15) is 11.8 Å². The molecule has 0 bridgehead atoms. The lowest BCUT2D eigenvalue weighted by molar-refractivity contribution is -0.385. The fourth-order valence-electron chi connectivity index (χ4n) is 1.46. The van der Waals surface area contributed by atoms with Gasteiger partial charge in [0.25, 0.3) is 5.88 Å². The fourth-order valence-corrected chi connectivity index (χ4v) is 2.08. The van der Waals surface area contributed by atoms with Crippen molar-refractivity contribution in [2.45, 2.75) is 13.5 Å². The molecule has 2 aromatic heterocycles. The van der Waals surface area contributed by atoms with E-state index in [4.69, 9.17) is 4.74 Å². The highest BCUT2D eigenvalue weighted by Crippen LogP contribution is 2.31. The number of ether oxygens (including phenoxy) is 1. The number of aromatic nitrogens is 2. The van der Waals surface area contributed by atoms with Crippen molar-refractivity contribution in [1.29, 1.82) is 0 Å². The number of nitrogens with one attached hydrogen (secondary N) is 1. The van der Waals surface area contributed by atoms with Crippen LogP contribution in [0.15, 0.2) is 23.8 Å². The maximum absolute atomic E-state index is 11.1. The Morgan fingerprint density at radius 3 is 3.00 bits per heavy atom. The second kappa shape index (κ2) is 6.10. The number of thiophene rings is 1. The molecule has 0 amide bonds. The summed E-state index contributed by atoms with van der Waals surface area (Å²) in [6.45, 7) is 2.61. The molecule has 0 aliphatic carbocycles. The number of nitrogens with zero attached hydrogens (tertiary/aromatic N) is 3. The van der Waals surface area contributed by atoms with Gasteiger partial charge in [0, 0.05) is 11.4 Å². The van der Waals surface area contributed by atoms with E-state index in [0.29, 0.717) is 6.54 Å². The Morgan fingerprint density at radius 2 is 2.37 bits per heavy atom. The predicted molar refractivity (Wildman–Crippen MR) is 71.5 cm³/mol. The zero-order valence-corrected chi connectivity index (χ0v) is 11.0. The quantitative estimate of drug-likeness (QED) is 0.645. The molecule has 0 saturated carbocycles. The van der Waals surface area contributed by atoms with Gasteiger partial charge >= 0.3 is 5.69 Å². The first-order valence-corrected chi connectivity index (χ1v) is 6.48. The summed E-state index contributed by atoms with van der Waals surface area (Å²) in [5, 5.41) is 15.8. The first-order valence-electron chi connectivity index (χ1n) is 5.60. The highest BCUT2D eigenvalue weighted by atomic mass is 32.1. The number of nitro groups is 1. The van der Waals surface area contributed by atoms with E-state index in [0.717, 1.165) is 4.88 Å². The Hall–Kier alpha value is -2.22. The maximum Gasteiger partial charge on any atom is 0.372 e. The highest BCUT2D eigenvalue weighted by molar-refractivity contribution is 7.09. The van der Waals surface area contributed by atoms with Gasteiger partial charge in [0.2, 0.25) is 5.82 Å². The molecule has 0 unspecified atom stereocenters. The van der Waals surface area contributed by atoms with Crippen LogP contribution in [0.4, 0.5) is 11.5 Å². The zero-order valence-electron chi connectivity index (χ0n) is 10.2. The number of hydrogen-bond acceptors (Lipinski definition) is 7. The Bertz CT molecular complexity index is 559.